The molecule has 0 aromatic rings. The Balaban J connectivity index is 0. The SMILES string of the molecule is CCN(C)C.CCOCC. The lowest BCUT2D eigenvalue weighted by Gasteiger charge is -2.00. The molecular formula is C8H21NO. The molecule has 0 saturated carbocycles. The molecule has 0 radical (unpaired) electrons. The van der Waals surface area contributed by atoms with Gasteiger partial charge in [-0.2, -0.15) is 0 Å². The van der Waals surface area contributed by atoms with Gasteiger partial charge in [0.05, 0.1) is 0 Å². The minimum Gasteiger partial charge on any atom is -0.382 e. The van der Waals surface area contributed by atoms with Gasteiger partial charge in [0.15, 0.2) is 0 Å². The summed E-state index contributed by atoms with van der Waals surface area (Å²) in [6.07, 6.45) is 0. The highest BCUT2D eigenvalue weighted by Crippen LogP contribution is 1.64. The van der Waals surface area contributed by atoms with Crippen LogP contribution < -0.4 is 0 Å². The third-order valence-electron chi connectivity index (χ3n) is 1.04. The summed E-state index contributed by atoms with van der Waals surface area (Å²) in [5.41, 5.74) is 0. The quantitative estimate of drug-likeness (QED) is 0.601. The molecule has 0 N–H and O–H groups in total. The largest absolute Gasteiger partial charge is 0.382 e. The lowest BCUT2D eigenvalue weighted by atomic mass is 10.7. The number of rotatable bonds is 3. The maximum absolute atomic E-state index is 4.83. The monoisotopic (exact) mass is 147 g/mol. The van der Waals surface area contributed by atoms with Gasteiger partial charge in [-0.3, -0.25) is 0 Å². The molecule has 0 rings (SSSR count). The second-order valence-electron chi connectivity index (χ2n) is 2.18. The van der Waals surface area contributed by atoms with Gasteiger partial charge in [-0.05, 0) is 34.5 Å². The fraction of sp³-hybridized carbons (Fsp3) is 1.00. The molecule has 0 aliphatic rings. The Morgan fingerprint density at radius 1 is 1.00 bits per heavy atom. The van der Waals surface area contributed by atoms with E-state index in [-0.39, 0.29) is 0 Å². The van der Waals surface area contributed by atoms with E-state index in [0.717, 1.165) is 19.8 Å². The van der Waals surface area contributed by atoms with Crippen LogP contribution in [0.2, 0.25) is 0 Å². The Morgan fingerprint density at radius 2 is 1.30 bits per heavy atom. The van der Waals surface area contributed by atoms with Gasteiger partial charge in [-0.1, -0.05) is 6.92 Å². The predicted molar refractivity (Wildman–Crippen MR) is 46.4 cm³/mol. The van der Waals surface area contributed by atoms with Crippen LogP contribution >= 0.6 is 0 Å². The van der Waals surface area contributed by atoms with Crippen LogP contribution in [0.1, 0.15) is 20.8 Å². The molecule has 0 bridgehead atoms. The van der Waals surface area contributed by atoms with Gasteiger partial charge < -0.3 is 9.64 Å². The van der Waals surface area contributed by atoms with E-state index in [9.17, 15) is 0 Å². The van der Waals surface area contributed by atoms with Crippen LogP contribution in [0.25, 0.3) is 0 Å². The first-order valence-corrected chi connectivity index (χ1v) is 3.91. The Morgan fingerprint density at radius 3 is 1.30 bits per heavy atom. The van der Waals surface area contributed by atoms with Gasteiger partial charge in [-0.15, -0.1) is 0 Å². The van der Waals surface area contributed by atoms with Crippen molar-refractivity contribution in [2.75, 3.05) is 33.9 Å². The van der Waals surface area contributed by atoms with Crippen LogP contribution in [0.3, 0.4) is 0 Å². The summed E-state index contributed by atoms with van der Waals surface area (Å²) in [7, 11) is 4.11. The van der Waals surface area contributed by atoms with Crippen molar-refractivity contribution >= 4 is 0 Å². The molecule has 0 heterocycles. The van der Waals surface area contributed by atoms with E-state index in [2.05, 4.69) is 25.9 Å². The normalized spacial score (nSPS) is 9.00. The lowest BCUT2D eigenvalue weighted by Crippen LogP contribution is -2.08. The summed E-state index contributed by atoms with van der Waals surface area (Å²) in [5, 5.41) is 0. The van der Waals surface area contributed by atoms with Gasteiger partial charge in [-0.25, -0.2) is 0 Å². The van der Waals surface area contributed by atoms with Crippen LogP contribution in [0.4, 0.5) is 0 Å². The zero-order chi connectivity index (χ0) is 8.41. The molecule has 0 atom stereocenters. The average molecular weight is 147 g/mol. The van der Waals surface area contributed by atoms with Crippen LogP contribution in [0.5, 0.6) is 0 Å². The maximum atomic E-state index is 4.83. The molecule has 0 aromatic heterocycles. The summed E-state index contributed by atoms with van der Waals surface area (Å²) in [6.45, 7) is 8.93. The predicted octanol–water partition coefficient (Wildman–Crippen LogP) is 1.61. The summed E-state index contributed by atoms with van der Waals surface area (Å²) in [5.74, 6) is 0. The van der Waals surface area contributed by atoms with Gasteiger partial charge in [0, 0.05) is 13.2 Å². The second kappa shape index (κ2) is 11.7. The topological polar surface area (TPSA) is 12.5 Å². The average Bonchev–Trinajstić information content (AvgIpc) is 1.91. The second-order valence-corrected chi connectivity index (χ2v) is 2.18. The third-order valence-corrected chi connectivity index (χ3v) is 1.04. The molecular weight excluding hydrogens is 126 g/mol. The smallest absolute Gasteiger partial charge is 0.0437 e. The van der Waals surface area contributed by atoms with Crippen molar-refractivity contribution in [1.29, 1.82) is 0 Å². The van der Waals surface area contributed by atoms with Gasteiger partial charge in [0.1, 0.15) is 0 Å². The van der Waals surface area contributed by atoms with E-state index in [4.69, 9.17) is 4.74 Å². The molecule has 0 spiro atoms. The zero-order valence-corrected chi connectivity index (χ0v) is 7.98. The van der Waals surface area contributed by atoms with E-state index < -0.39 is 0 Å². The van der Waals surface area contributed by atoms with Crippen molar-refractivity contribution in [3.63, 3.8) is 0 Å². The maximum Gasteiger partial charge on any atom is 0.0437 e. The molecule has 0 aliphatic heterocycles. The molecule has 64 valence electrons. The minimum absolute atomic E-state index is 0.844. The molecule has 0 unspecified atom stereocenters. The van der Waals surface area contributed by atoms with E-state index in [1.54, 1.807) is 0 Å². The molecule has 0 aliphatic carbocycles. The Kier molecular flexibility index (Phi) is 14.7. The standard InChI is InChI=1S/C4H11N.C4H10O/c1-4-5(2)3;1-3-5-4-2/h4H2,1-3H3;3-4H2,1-2H3. The van der Waals surface area contributed by atoms with E-state index in [1.165, 1.54) is 0 Å². The molecule has 2 heteroatoms. The fourth-order valence-electron chi connectivity index (χ4n) is 0.204. The van der Waals surface area contributed by atoms with Crippen molar-refractivity contribution in [2.45, 2.75) is 20.8 Å². The van der Waals surface area contributed by atoms with Crippen molar-refractivity contribution in [1.82, 2.24) is 4.90 Å². The number of nitrogens with zero attached hydrogens (tertiary/aromatic N) is 1. The summed E-state index contributed by atoms with van der Waals surface area (Å²) in [6, 6.07) is 0. The number of ether oxygens (including phenoxy) is 1. The van der Waals surface area contributed by atoms with Crippen molar-refractivity contribution in [3.8, 4) is 0 Å². The minimum atomic E-state index is 0.844. The fourth-order valence-corrected chi connectivity index (χ4v) is 0.204. The van der Waals surface area contributed by atoms with Crippen molar-refractivity contribution < 1.29 is 4.74 Å². The molecule has 10 heavy (non-hydrogen) atoms. The van der Waals surface area contributed by atoms with Gasteiger partial charge in [0.2, 0.25) is 0 Å². The first-order chi connectivity index (χ1) is 4.68. The van der Waals surface area contributed by atoms with Crippen LogP contribution in [0, 0.1) is 0 Å². The highest BCUT2D eigenvalue weighted by Gasteiger charge is 1.72. The molecule has 0 saturated heterocycles. The van der Waals surface area contributed by atoms with E-state index in [0.29, 0.717) is 0 Å². The third kappa shape index (κ3) is 24.7. The van der Waals surface area contributed by atoms with Crippen molar-refractivity contribution in [3.05, 3.63) is 0 Å². The first-order valence-electron chi connectivity index (χ1n) is 3.91. The molecule has 2 nitrogen and oxygen atoms in total. The van der Waals surface area contributed by atoms with E-state index >= 15 is 0 Å². The van der Waals surface area contributed by atoms with E-state index in [1.807, 2.05) is 13.8 Å². The molecule has 0 fully saturated rings. The van der Waals surface area contributed by atoms with Crippen LogP contribution in [-0.2, 0) is 4.74 Å². The van der Waals surface area contributed by atoms with Crippen LogP contribution in [0.15, 0.2) is 0 Å². The molecule has 0 aromatic carbocycles. The highest BCUT2D eigenvalue weighted by atomic mass is 16.5. The first kappa shape index (κ1) is 12.6. The Bertz CT molecular complexity index is 44.5. The Labute approximate surface area is 65.2 Å². The number of hydrogen-bond donors (Lipinski definition) is 0. The zero-order valence-electron chi connectivity index (χ0n) is 7.98. The lowest BCUT2D eigenvalue weighted by molar-refractivity contribution is 0.162. The number of hydrogen-bond acceptors (Lipinski definition) is 2. The highest BCUT2D eigenvalue weighted by molar-refractivity contribution is 4.25. The van der Waals surface area contributed by atoms with Crippen molar-refractivity contribution in [2.24, 2.45) is 0 Å². The summed E-state index contributed by atoms with van der Waals surface area (Å²) < 4.78 is 4.83. The van der Waals surface area contributed by atoms with Crippen LogP contribution in [-0.4, -0.2) is 38.8 Å². The van der Waals surface area contributed by atoms with Gasteiger partial charge in [0.25, 0.3) is 0 Å². The van der Waals surface area contributed by atoms with Gasteiger partial charge >= 0.3 is 0 Å². The molecule has 0 amide bonds. The summed E-state index contributed by atoms with van der Waals surface area (Å²) in [4.78, 5) is 2.12. The summed E-state index contributed by atoms with van der Waals surface area (Å²) >= 11 is 0. The Hall–Kier alpha value is -0.0800.